The first-order chi connectivity index (χ1) is 7.86. The molecule has 0 saturated heterocycles. The summed E-state index contributed by atoms with van der Waals surface area (Å²) in [4.78, 5) is 0. The van der Waals surface area contributed by atoms with Crippen molar-refractivity contribution in [3.63, 3.8) is 0 Å². The predicted octanol–water partition coefficient (Wildman–Crippen LogP) is 3.22. The topological polar surface area (TPSA) is 21.3 Å². The maximum atomic E-state index is 5.44. The fourth-order valence-electron chi connectivity index (χ4n) is 2.54. The Kier molecular flexibility index (Phi) is 7.87. The molecule has 0 aromatic heterocycles. The molecule has 1 N–H and O–H groups in total. The number of ether oxygens (including phenoxy) is 1. The summed E-state index contributed by atoms with van der Waals surface area (Å²) in [6.07, 6.45) is 8.28. The van der Waals surface area contributed by atoms with Crippen LogP contribution in [0.15, 0.2) is 0 Å². The highest BCUT2D eigenvalue weighted by molar-refractivity contribution is 4.73. The highest BCUT2D eigenvalue weighted by Gasteiger charge is 2.19. The number of rotatable bonds is 8. The van der Waals surface area contributed by atoms with E-state index in [-0.39, 0.29) is 0 Å². The molecule has 0 unspecified atom stereocenters. The molecule has 2 nitrogen and oxygen atoms in total. The van der Waals surface area contributed by atoms with E-state index >= 15 is 0 Å². The van der Waals surface area contributed by atoms with Gasteiger partial charge in [0.15, 0.2) is 0 Å². The summed E-state index contributed by atoms with van der Waals surface area (Å²) < 4.78 is 5.44. The van der Waals surface area contributed by atoms with Crippen LogP contribution in [0.1, 0.15) is 52.4 Å². The molecule has 0 amide bonds. The fourth-order valence-corrected chi connectivity index (χ4v) is 2.54. The van der Waals surface area contributed by atoms with Gasteiger partial charge in [0.2, 0.25) is 0 Å². The number of hydrogen-bond donors (Lipinski definition) is 1. The Hall–Kier alpha value is -0.0800. The molecule has 0 heterocycles. The molecule has 1 aliphatic carbocycles. The van der Waals surface area contributed by atoms with Gasteiger partial charge in [0.05, 0.1) is 6.61 Å². The van der Waals surface area contributed by atoms with Crippen molar-refractivity contribution >= 4 is 0 Å². The van der Waals surface area contributed by atoms with Gasteiger partial charge in [-0.1, -0.05) is 33.1 Å². The van der Waals surface area contributed by atoms with Crippen LogP contribution in [-0.4, -0.2) is 26.3 Å². The zero-order chi connectivity index (χ0) is 11.6. The molecule has 1 saturated carbocycles. The molecular weight excluding hydrogens is 198 g/mol. The average molecular weight is 227 g/mol. The molecule has 0 aromatic rings. The largest absolute Gasteiger partial charge is 0.380 e. The standard InChI is InChI=1S/C14H29NO/c1-3-10-16-11-9-15-12-14-7-5-13(4-2)6-8-14/h13-15H,3-12H2,1-2H3. The predicted molar refractivity (Wildman–Crippen MR) is 69.7 cm³/mol. The van der Waals surface area contributed by atoms with E-state index in [1.54, 1.807) is 0 Å². The normalized spacial score (nSPS) is 25.9. The van der Waals surface area contributed by atoms with Crippen LogP contribution in [0.4, 0.5) is 0 Å². The van der Waals surface area contributed by atoms with Crippen LogP contribution in [-0.2, 0) is 4.74 Å². The Labute approximate surface area is 101 Å². The SMILES string of the molecule is CCCOCCNCC1CCC(CC)CC1. The summed E-state index contributed by atoms with van der Waals surface area (Å²) in [5.41, 5.74) is 0. The third-order valence-corrected chi connectivity index (χ3v) is 3.75. The summed E-state index contributed by atoms with van der Waals surface area (Å²) in [5, 5.41) is 3.52. The summed E-state index contributed by atoms with van der Waals surface area (Å²) in [5.74, 6) is 1.94. The minimum absolute atomic E-state index is 0.873. The van der Waals surface area contributed by atoms with Crippen molar-refractivity contribution in [1.82, 2.24) is 5.32 Å². The van der Waals surface area contributed by atoms with Crippen molar-refractivity contribution in [1.29, 1.82) is 0 Å². The van der Waals surface area contributed by atoms with Gasteiger partial charge >= 0.3 is 0 Å². The van der Waals surface area contributed by atoms with Crippen molar-refractivity contribution in [2.45, 2.75) is 52.4 Å². The van der Waals surface area contributed by atoms with Gasteiger partial charge in [-0.3, -0.25) is 0 Å². The second-order valence-electron chi connectivity index (χ2n) is 5.11. The Bertz CT molecular complexity index is 153. The maximum Gasteiger partial charge on any atom is 0.0590 e. The molecule has 0 radical (unpaired) electrons. The maximum absolute atomic E-state index is 5.44. The van der Waals surface area contributed by atoms with Crippen molar-refractivity contribution in [3.8, 4) is 0 Å². The lowest BCUT2D eigenvalue weighted by Gasteiger charge is -2.27. The number of hydrogen-bond acceptors (Lipinski definition) is 2. The third-order valence-electron chi connectivity index (χ3n) is 3.75. The molecule has 2 heteroatoms. The Morgan fingerprint density at radius 2 is 1.69 bits per heavy atom. The van der Waals surface area contributed by atoms with E-state index in [1.807, 2.05) is 0 Å². The first kappa shape index (κ1) is 14.0. The second kappa shape index (κ2) is 9.00. The molecule has 0 bridgehead atoms. The van der Waals surface area contributed by atoms with E-state index in [1.165, 1.54) is 38.6 Å². The van der Waals surface area contributed by atoms with Gasteiger partial charge in [-0.05, 0) is 37.6 Å². The minimum Gasteiger partial charge on any atom is -0.380 e. The average Bonchev–Trinajstić information content (AvgIpc) is 2.34. The number of nitrogens with one attached hydrogen (secondary N) is 1. The first-order valence-electron chi connectivity index (χ1n) is 7.15. The molecule has 1 aliphatic rings. The van der Waals surface area contributed by atoms with Crippen molar-refractivity contribution in [2.75, 3.05) is 26.3 Å². The molecule has 96 valence electrons. The van der Waals surface area contributed by atoms with E-state index in [4.69, 9.17) is 4.74 Å². The molecule has 0 spiro atoms. The zero-order valence-electron chi connectivity index (χ0n) is 11.1. The molecular formula is C14H29NO. The Morgan fingerprint density at radius 3 is 2.31 bits per heavy atom. The minimum atomic E-state index is 0.873. The highest BCUT2D eigenvalue weighted by atomic mass is 16.5. The van der Waals surface area contributed by atoms with Crippen molar-refractivity contribution in [3.05, 3.63) is 0 Å². The van der Waals surface area contributed by atoms with Gasteiger partial charge < -0.3 is 10.1 Å². The lowest BCUT2D eigenvalue weighted by Crippen LogP contribution is -2.29. The van der Waals surface area contributed by atoms with Gasteiger partial charge in [0.25, 0.3) is 0 Å². The van der Waals surface area contributed by atoms with Gasteiger partial charge in [0.1, 0.15) is 0 Å². The molecule has 1 rings (SSSR count). The van der Waals surface area contributed by atoms with E-state index in [9.17, 15) is 0 Å². The second-order valence-corrected chi connectivity index (χ2v) is 5.11. The summed E-state index contributed by atoms with van der Waals surface area (Å²) >= 11 is 0. The van der Waals surface area contributed by atoms with Crippen molar-refractivity contribution in [2.24, 2.45) is 11.8 Å². The molecule has 0 atom stereocenters. The summed E-state index contributed by atoms with van der Waals surface area (Å²) in [6, 6.07) is 0. The van der Waals surface area contributed by atoms with E-state index in [0.717, 1.165) is 38.0 Å². The van der Waals surface area contributed by atoms with Crippen LogP contribution >= 0.6 is 0 Å². The molecule has 1 fully saturated rings. The van der Waals surface area contributed by atoms with Gasteiger partial charge in [0, 0.05) is 13.2 Å². The zero-order valence-corrected chi connectivity index (χ0v) is 11.1. The van der Waals surface area contributed by atoms with Crippen LogP contribution in [0.3, 0.4) is 0 Å². The molecule has 0 aromatic carbocycles. The van der Waals surface area contributed by atoms with Crippen LogP contribution in [0.2, 0.25) is 0 Å². The summed E-state index contributed by atoms with van der Waals surface area (Å²) in [7, 11) is 0. The van der Waals surface area contributed by atoms with Gasteiger partial charge in [-0.25, -0.2) is 0 Å². The van der Waals surface area contributed by atoms with Gasteiger partial charge in [-0.15, -0.1) is 0 Å². The fraction of sp³-hybridized carbons (Fsp3) is 1.00. The third kappa shape index (κ3) is 5.86. The first-order valence-corrected chi connectivity index (χ1v) is 7.15. The highest BCUT2D eigenvalue weighted by Crippen LogP contribution is 2.29. The monoisotopic (exact) mass is 227 g/mol. The van der Waals surface area contributed by atoms with Crippen LogP contribution in [0.25, 0.3) is 0 Å². The van der Waals surface area contributed by atoms with Gasteiger partial charge in [-0.2, -0.15) is 0 Å². The van der Waals surface area contributed by atoms with Crippen LogP contribution in [0, 0.1) is 11.8 Å². The van der Waals surface area contributed by atoms with Crippen LogP contribution < -0.4 is 5.32 Å². The lowest BCUT2D eigenvalue weighted by molar-refractivity contribution is 0.134. The van der Waals surface area contributed by atoms with E-state index in [2.05, 4.69) is 19.2 Å². The quantitative estimate of drug-likeness (QED) is 0.643. The Balaban J connectivity index is 1.90. The van der Waals surface area contributed by atoms with Crippen molar-refractivity contribution < 1.29 is 4.74 Å². The van der Waals surface area contributed by atoms with E-state index in [0.29, 0.717) is 0 Å². The molecule has 0 aliphatic heterocycles. The Morgan fingerprint density at radius 1 is 1.00 bits per heavy atom. The molecule has 16 heavy (non-hydrogen) atoms. The van der Waals surface area contributed by atoms with E-state index < -0.39 is 0 Å². The smallest absolute Gasteiger partial charge is 0.0590 e. The lowest BCUT2D eigenvalue weighted by atomic mass is 9.81. The summed E-state index contributed by atoms with van der Waals surface area (Å²) in [6.45, 7) is 8.48. The van der Waals surface area contributed by atoms with Crippen LogP contribution in [0.5, 0.6) is 0 Å².